The molecule has 0 bridgehead atoms. The maximum absolute atomic E-state index is 13.6. The molecule has 1 aromatic carbocycles. The first-order valence-electron chi connectivity index (χ1n) is 11.8. The average molecular weight is 479 g/mol. The van der Waals surface area contributed by atoms with E-state index in [4.69, 9.17) is 0 Å². The van der Waals surface area contributed by atoms with Crippen molar-refractivity contribution in [3.05, 3.63) is 70.1 Å². The van der Waals surface area contributed by atoms with Gasteiger partial charge in [-0.15, -0.1) is 0 Å². The van der Waals surface area contributed by atoms with Crippen molar-refractivity contribution in [1.29, 1.82) is 0 Å². The van der Waals surface area contributed by atoms with Gasteiger partial charge < -0.3 is 9.88 Å². The van der Waals surface area contributed by atoms with Crippen LogP contribution in [-0.2, 0) is 17.3 Å². The molecule has 0 atom stereocenters. The van der Waals surface area contributed by atoms with Gasteiger partial charge in [0.05, 0.1) is 17.8 Å². The second kappa shape index (κ2) is 8.91. The van der Waals surface area contributed by atoms with E-state index in [0.717, 1.165) is 18.4 Å². The normalized spacial score (nSPS) is 13.7. The predicted molar refractivity (Wildman–Crippen MR) is 131 cm³/mol. The van der Waals surface area contributed by atoms with Gasteiger partial charge in [0.15, 0.2) is 0 Å². The molecule has 1 N–H and O–H groups in total. The molecular weight excluding hydrogens is 447 g/mol. The van der Waals surface area contributed by atoms with E-state index in [1.165, 1.54) is 12.1 Å². The van der Waals surface area contributed by atoms with Crippen LogP contribution in [0.4, 0.5) is 10.1 Å². The highest BCUT2D eigenvalue weighted by Crippen LogP contribution is 2.36. The highest BCUT2D eigenvalue weighted by molar-refractivity contribution is 6.44. The minimum Gasteiger partial charge on any atom is -0.343 e. The fourth-order valence-corrected chi connectivity index (χ4v) is 4.50. The molecule has 3 aromatic rings. The van der Waals surface area contributed by atoms with Crippen molar-refractivity contribution in [1.82, 2.24) is 14.3 Å². The Morgan fingerprint density at radius 3 is 2.49 bits per heavy atom. The van der Waals surface area contributed by atoms with Crippen LogP contribution in [0.1, 0.15) is 82.4 Å². The fourth-order valence-electron chi connectivity index (χ4n) is 4.50. The van der Waals surface area contributed by atoms with Gasteiger partial charge in [0, 0.05) is 36.5 Å². The van der Waals surface area contributed by atoms with Gasteiger partial charge in [-0.3, -0.25) is 19.1 Å². The molecule has 35 heavy (non-hydrogen) atoms. The lowest BCUT2D eigenvalue weighted by molar-refractivity contribution is -0.116. The third-order valence-corrected chi connectivity index (χ3v) is 6.95. The van der Waals surface area contributed by atoms with Crippen molar-refractivity contribution in [2.75, 3.05) is 5.32 Å². The van der Waals surface area contributed by atoms with Crippen molar-refractivity contribution in [3.8, 4) is 0 Å². The highest BCUT2D eigenvalue weighted by atomic mass is 19.1. The zero-order valence-electron chi connectivity index (χ0n) is 21.0. The number of ketones is 2. The first-order valence-corrected chi connectivity index (χ1v) is 11.8. The summed E-state index contributed by atoms with van der Waals surface area (Å²) in [5.41, 5.74) is 2.74. The number of hydrogen-bond acceptors (Lipinski definition) is 4. The third kappa shape index (κ3) is 4.70. The molecule has 1 fully saturated rings. The minimum atomic E-state index is -0.602. The van der Waals surface area contributed by atoms with Crippen LogP contribution in [0, 0.1) is 26.6 Å². The van der Waals surface area contributed by atoms with E-state index in [0.29, 0.717) is 28.6 Å². The fraction of sp³-hybridized carbons (Fsp3) is 0.407. The van der Waals surface area contributed by atoms with Crippen LogP contribution in [0.2, 0.25) is 0 Å². The Bertz CT molecular complexity index is 1340. The molecule has 0 saturated heterocycles. The predicted octanol–water partition coefficient (Wildman–Crippen LogP) is 4.99. The lowest BCUT2D eigenvalue weighted by Crippen LogP contribution is -2.27. The van der Waals surface area contributed by atoms with E-state index in [1.807, 2.05) is 24.7 Å². The van der Waals surface area contributed by atoms with Gasteiger partial charge >= 0.3 is 0 Å². The van der Waals surface area contributed by atoms with Gasteiger partial charge in [0.1, 0.15) is 11.5 Å². The number of amides is 1. The second-order valence-electron chi connectivity index (χ2n) is 10.2. The van der Waals surface area contributed by atoms with Crippen LogP contribution in [0.5, 0.6) is 0 Å². The Kier molecular flexibility index (Phi) is 6.25. The maximum atomic E-state index is 13.6. The smallest absolute Gasteiger partial charge is 0.272 e. The summed E-state index contributed by atoms with van der Waals surface area (Å²) in [6, 6.07) is 4.75. The number of nitrogens with zero attached hydrogens (tertiary/aromatic N) is 3. The van der Waals surface area contributed by atoms with Gasteiger partial charge in [-0.05, 0) is 68.5 Å². The van der Waals surface area contributed by atoms with Gasteiger partial charge in [0.25, 0.3) is 5.91 Å². The third-order valence-electron chi connectivity index (χ3n) is 6.95. The number of benzene rings is 1. The van der Waals surface area contributed by atoms with Crippen molar-refractivity contribution >= 4 is 23.2 Å². The van der Waals surface area contributed by atoms with Crippen LogP contribution in [0.25, 0.3) is 0 Å². The molecule has 2 aromatic heterocycles. The van der Waals surface area contributed by atoms with Crippen LogP contribution in [-0.4, -0.2) is 31.8 Å². The summed E-state index contributed by atoms with van der Waals surface area (Å²) >= 11 is 0. The molecule has 1 amide bonds. The molecule has 0 aliphatic heterocycles. The largest absolute Gasteiger partial charge is 0.343 e. The van der Waals surface area contributed by atoms with E-state index in [9.17, 15) is 18.8 Å². The summed E-state index contributed by atoms with van der Waals surface area (Å²) in [7, 11) is 1.69. The summed E-state index contributed by atoms with van der Waals surface area (Å²) in [5, 5.41) is 7.17. The number of anilines is 1. The van der Waals surface area contributed by atoms with Crippen LogP contribution < -0.4 is 5.32 Å². The van der Waals surface area contributed by atoms with Crippen LogP contribution in [0.15, 0.2) is 30.6 Å². The molecule has 1 saturated carbocycles. The van der Waals surface area contributed by atoms with E-state index in [-0.39, 0.29) is 23.5 Å². The number of halogens is 1. The molecule has 2 heterocycles. The number of aryl methyl sites for hydroxylation is 1. The summed E-state index contributed by atoms with van der Waals surface area (Å²) in [5.74, 6) is -1.90. The topological polar surface area (TPSA) is 86.0 Å². The van der Waals surface area contributed by atoms with Gasteiger partial charge in [-0.1, -0.05) is 13.8 Å². The average Bonchev–Trinajstić information content (AvgIpc) is 3.45. The zero-order valence-corrected chi connectivity index (χ0v) is 21.0. The number of aromatic nitrogens is 3. The number of carbonyl (C=O) groups is 3. The SMILES string of the molecule is Cc1cc(NC(=O)c2c(C)c(C(=O)C(=O)CC(C)(C)c3cnn(C4CC4)c3)c(C)n2C)ccc1F. The molecule has 4 rings (SSSR count). The molecule has 184 valence electrons. The Morgan fingerprint density at radius 1 is 1.17 bits per heavy atom. The number of carbonyl (C=O) groups excluding carboxylic acids is 3. The molecule has 1 aliphatic carbocycles. The Labute approximate surface area is 204 Å². The monoisotopic (exact) mass is 478 g/mol. The second-order valence-corrected chi connectivity index (χ2v) is 10.2. The summed E-state index contributed by atoms with van der Waals surface area (Å²) in [6.45, 7) is 8.87. The number of rotatable bonds is 8. The summed E-state index contributed by atoms with van der Waals surface area (Å²) < 4.78 is 17.1. The highest BCUT2D eigenvalue weighted by Gasteiger charge is 2.34. The summed E-state index contributed by atoms with van der Waals surface area (Å²) in [4.78, 5) is 39.5. The standard InChI is InChI=1S/C27H31FN4O3/c1-15-11-19(7-10-21(15)28)30-26(35)24-16(2)23(17(3)31(24)6)25(34)22(33)12-27(4,5)18-13-29-32(14-18)20-8-9-20/h7,10-11,13-14,20H,8-9,12H2,1-6H3,(H,30,35). The minimum absolute atomic E-state index is 0.0341. The van der Waals surface area contributed by atoms with E-state index in [1.54, 1.807) is 44.6 Å². The molecule has 0 spiro atoms. The Balaban J connectivity index is 1.55. The van der Waals surface area contributed by atoms with Crippen molar-refractivity contribution in [2.24, 2.45) is 7.05 Å². The number of hydrogen-bond donors (Lipinski definition) is 1. The van der Waals surface area contributed by atoms with Gasteiger partial charge in [0.2, 0.25) is 11.6 Å². The summed E-state index contributed by atoms with van der Waals surface area (Å²) in [6.07, 6.45) is 6.00. The molecule has 0 unspecified atom stereocenters. The first kappa shape index (κ1) is 24.6. The maximum Gasteiger partial charge on any atom is 0.272 e. The van der Waals surface area contributed by atoms with Gasteiger partial charge in [-0.2, -0.15) is 5.10 Å². The van der Waals surface area contributed by atoms with E-state index in [2.05, 4.69) is 10.4 Å². The van der Waals surface area contributed by atoms with Crippen LogP contribution in [0.3, 0.4) is 0 Å². The van der Waals surface area contributed by atoms with Gasteiger partial charge in [-0.25, -0.2) is 4.39 Å². The van der Waals surface area contributed by atoms with Crippen LogP contribution >= 0.6 is 0 Å². The molecule has 1 aliphatic rings. The molecule has 7 nitrogen and oxygen atoms in total. The van der Waals surface area contributed by atoms with E-state index >= 15 is 0 Å². The zero-order chi connectivity index (χ0) is 25.7. The molecule has 8 heteroatoms. The lowest BCUT2D eigenvalue weighted by Gasteiger charge is -2.22. The molecule has 0 radical (unpaired) electrons. The Hall–Kier alpha value is -3.55. The number of Topliss-reactive ketones (excluding diaryl/α,β-unsaturated/α-hetero) is 2. The van der Waals surface area contributed by atoms with Crippen molar-refractivity contribution in [2.45, 2.75) is 65.3 Å². The number of nitrogens with one attached hydrogen (secondary N) is 1. The lowest BCUT2D eigenvalue weighted by atomic mass is 9.80. The Morgan fingerprint density at radius 2 is 1.86 bits per heavy atom. The van der Waals surface area contributed by atoms with E-state index < -0.39 is 22.9 Å². The first-order chi connectivity index (χ1) is 16.4. The quantitative estimate of drug-likeness (QED) is 0.365. The van der Waals surface area contributed by atoms with Crippen molar-refractivity contribution in [3.63, 3.8) is 0 Å². The van der Waals surface area contributed by atoms with Crippen molar-refractivity contribution < 1.29 is 18.8 Å². The molecular formula is C27H31FN4O3.